The fraction of sp³-hybridized carbons (Fsp3) is 0.286. The molecule has 2 aromatic rings. The van der Waals surface area contributed by atoms with E-state index in [9.17, 15) is 14.4 Å². The first-order valence-electron chi connectivity index (χ1n) is 9.19. The van der Waals surface area contributed by atoms with E-state index >= 15 is 0 Å². The van der Waals surface area contributed by atoms with Gasteiger partial charge in [-0.25, -0.2) is 4.79 Å². The van der Waals surface area contributed by atoms with Crippen molar-refractivity contribution in [3.63, 3.8) is 0 Å². The lowest BCUT2D eigenvalue weighted by molar-refractivity contribution is -0.130. The minimum atomic E-state index is -0.534. The minimum absolute atomic E-state index is 0.0167. The van der Waals surface area contributed by atoms with Crippen LogP contribution >= 0.6 is 0 Å². The van der Waals surface area contributed by atoms with Gasteiger partial charge in [-0.05, 0) is 43.2 Å². The highest BCUT2D eigenvalue weighted by Gasteiger charge is 2.28. The number of hydrogen-bond donors (Lipinski definition) is 1. The number of nitrogens with zero attached hydrogens (tertiary/aromatic N) is 1. The number of para-hydroxylation sites is 2. The fourth-order valence-electron chi connectivity index (χ4n) is 3.57. The number of nitrogens with one attached hydrogen (secondary N) is 1. The average molecular weight is 380 g/mol. The van der Waals surface area contributed by atoms with Gasteiger partial charge in [0.25, 0.3) is 5.91 Å². The average Bonchev–Trinajstić information content (AvgIpc) is 3.11. The highest BCUT2D eigenvalue weighted by atomic mass is 16.5. The topological polar surface area (TPSA) is 84.9 Å². The first kappa shape index (κ1) is 18.0. The van der Waals surface area contributed by atoms with Crippen molar-refractivity contribution in [3.8, 4) is 11.5 Å². The number of esters is 1. The summed E-state index contributed by atoms with van der Waals surface area (Å²) in [6, 6.07) is 11.7. The van der Waals surface area contributed by atoms with Crippen LogP contribution in [-0.2, 0) is 9.53 Å². The molecule has 0 unspecified atom stereocenters. The van der Waals surface area contributed by atoms with Crippen LogP contribution in [0.3, 0.4) is 0 Å². The van der Waals surface area contributed by atoms with Gasteiger partial charge in [0.1, 0.15) is 12.4 Å². The molecule has 0 aromatic heterocycles. The second-order valence-electron chi connectivity index (χ2n) is 6.87. The van der Waals surface area contributed by atoms with Crippen molar-refractivity contribution < 1.29 is 23.9 Å². The Morgan fingerprint density at radius 3 is 2.86 bits per heavy atom. The van der Waals surface area contributed by atoms with Crippen LogP contribution in [0, 0.1) is 0 Å². The largest absolute Gasteiger partial charge is 0.460 e. The smallest absolute Gasteiger partial charge is 0.338 e. The Bertz CT molecular complexity index is 956. The molecule has 0 aliphatic carbocycles. The zero-order valence-corrected chi connectivity index (χ0v) is 15.4. The molecule has 1 fully saturated rings. The molecule has 0 radical (unpaired) electrons. The lowest BCUT2D eigenvalue weighted by Gasteiger charge is -2.22. The summed E-state index contributed by atoms with van der Waals surface area (Å²) in [7, 11) is 0. The van der Waals surface area contributed by atoms with Crippen molar-refractivity contribution in [2.24, 2.45) is 0 Å². The second-order valence-corrected chi connectivity index (χ2v) is 6.87. The van der Waals surface area contributed by atoms with Crippen LogP contribution in [0.15, 0.2) is 42.5 Å². The van der Waals surface area contributed by atoms with E-state index in [1.54, 1.807) is 35.2 Å². The Morgan fingerprint density at radius 1 is 1.21 bits per heavy atom. The van der Waals surface area contributed by atoms with Crippen LogP contribution in [0.25, 0.3) is 0 Å². The lowest BCUT2D eigenvalue weighted by atomic mass is 10.1. The van der Waals surface area contributed by atoms with E-state index < -0.39 is 5.97 Å². The van der Waals surface area contributed by atoms with E-state index in [4.69, 9.17) is 9.47 Å². The van der Waals surface area contributed by atoms with Crippen LogP contribution < -0.4 is 10.1 Å². The van der Waals surface area contributed by atoms with Crippen molar-refractivity contribution in [1.29, 1.82) is 0 Å². The summed E-state index contributed by atoms with van der Waals surface area (Å²) in [5, 5.41) is 2.78. The third-order valence-corrected chi connectivity index (χ3v) is 5.00. The van der Waals surface area contributed by atoms with E-state index in [2.05, 4.69) is 5.32 Å². The molecule has 4 rings (SSSR count). The van der Waals surface area contributed by atoms with Crippen molar-refractivity contribution in [3.05, 3.63) is 53.6 Å². The summed E-state index contributed by atoms with van der Waals surface area (Å²) >= 11 is 0. The normalized spacial score (nSPS) is 17.7. The zero-order chi connectivity index (χ0) is 19.7. The highest BCUT2D eigenvalue weighted by molar-refractivity contribution is 6.09. The third kappa shape index (κ3) is 3.43. The second kappa shape index (κ2) is 7.34. The molecule has 1 saturated heterocycles. The summed E-state index contributed by atoms with van der Waals surface area (Å²) in [5.74, 6) is 0.00547. The third-order valence-electron chi connectivity index (χ3n) is 5.00. The Hall–Kier alpha value is -3.35. The summed E-state index contributed by atoms with van der Waals surface area (Å²) in [4.78, 5) is 38.4. The van der Waals surface area contributed by atoms with Gasteiger partial charge in [0.05, 0.1) is 22.9 Å². The summed E-state index contributed by atoms with van der Waals surface area (Å²) in [5.41, 5.74) is 1.09. The number of fused-ring (bicyclic) bond motifs is 2. The highest BCUT2D eigenvalue weighted by Crippen LogP contribution is 2.35. The van der Waals surface area contributed by atoms with Crippen LogP contribution in [-0.4, -0.2) is 41.9 Å². The van der Waals surface area contributed by atoms with Gasteiger partial charge in [-0.2, -0.15) is 0 Å². The molecule has 0 bridgehead atoms. The fourth-order valence-corrected chi connectivity index (χ4v) is 3.57. The summed E-state index contributed by atoms with van der Waals surface area (Å²) in [6.45, 7) is 2.35. The molecule has 2 aliphatic heterocycles. The number of rotatable bonds is 3. The van der Waals surface area contributed by atoms with Gasteiger partial charge < -0.3 is 19.7 Å². The molecule has 0 spiro atoms. The molecule has 2 heterocycles. The first-order valence-corrected chi connectivity index (χ1v) is 9.19. The van der Waals surface area contributed by atoms with Gasteiger partial charge in [0.2, 0.25) is 5.91 Å². The molecule has 28 heavy (non-hydrogen) atoms. The molecule has 144 valence electrons. The maximum absolute atomic E-state index is 12.5. The van der Waals surface area contributed by atoms with E-state index in [1.165, 1.54) is 13.0 Å². The van der Waals surface area contributed by atoms with Gasteiger partial charge >= 0.3 is 5.97 Å². The summed E-state index contributed by atoms with van der Waals surface area (Å²) < 4.78 is 11.2. The molecule has 2 aliphatic rings. The molecule has 1 atom stereocenters. The Balaban J connectivity index is 1.50. The van der Waals surface area contributed by atoms with Gasteiger partial charge in [0.15, 0.2) is 5.75 Å². The van der Waals surface area contributed by atoms with Crippen molar-refractivity contribution in [1.82, 2.24) is 4.90 Å². The predicted octanol–water partition coefficient (Wildman–Crippen LogP) is 3.21. The first-order chi connectivity index (χ1) is 13.5. The van der Waals surface area contributed by atoms with E-state index in [0.717, 1.165) is 12.8 Å². The number of carbonyl (C=O) groups excluding carboxylic acids is 3. The summed E-state index contributed by atoms with van der Waals surface area (Å²) in [6.07, 6.45) is 1.71. The minimum Gasteiger partial charge on any atom is -0.460 e. The zero-order valence-electron chi connectivity index (χ0n) is 15.4. The molecule has 7 heteroatoms. The predicted molar refractivity (Wildman–Crippen MR) is 102 cm³/mol. The molecule has 7 nitrogen and oxygen atoms in total. The Morgan fingerprint density at radius 2 is 2.04 bits per heavy atom. The maximum atomic E-state index is 12.5. The van der Waals surface area contributed by atoms with E-state index in [-0.39, 0.29) is 35.6 Å². The van der Waals surface area contributed by atoms with E-state index in [1.807, 2.05) is 6.07 Å². The van der Waals surface area contributed by atoms with Crippen LogP contribution in [0.2, 0.25) is 0 Å². The SMILES string of the molecule is CC(=O)N1CCC[C@H]1COC(=O)c1ccc2c(c1)C(=O)Nc1ccccc1O2. The molecule has 2 amide bonds. The Labute approximate surface area is 162 Å². The number of likely N-dealkylation sites (tertiary alicyclic amines) is 1. The number of ether oxygens (including phenoxy) is 2. The number of benzene rings is 2. The van der Waals surface area contributed by atoms with Crippen molar-refractivity contribution in [2.75, 3.05) is 18.5 Å². The number of carbonyl (C=O) groups is 3. The molecule has 0 saturated carbocycles. The van der Waals surface area contributed by atoms with Gasteiger partial charge in [-0.1, -0.05) is 12.1 Å². The quantitative estimate of drug-likeness (QED) is 0.827. The lowest BCUT2D eigenvalue weighted by Crippen LogP contribution is -2.37. The van der Waals surface area contributed by atoms with Crippen molar-refractivity contribution in [2.45, 2.75) is 25.8 Å². The molecular weight excluding hydrogens is 360 g/mol. The van der Waals surface area contributed by atoms with Crippen LogP contribution in [0.5, 0.6) is 11.5 Å². The maximum Gasteiger partial charge on any atom is 0.338 e. The van der Waals surface area contributed by atoms with Gasteiger partial charge in [-0.15, -0.1) is 0 Å². The van der Waals surface area contributed by atoms with Gasteiger partial charge in [0, 0.05) is 13.5 Å². The van der Waals surface area contributed by atoms with Crippen LogP contribution in [0.4, 0.5) is 5.69 Å². The number of hydrogen-bond acceptors (Lipinski definition) is 5. The number of amides is 2. The van der Waals surface area contributed by atoms with Gasteiger partial charge in [-0.3, -0.25) is 9.59 Å². The molecule has 1 N–H and O–H groups in total. The molecular formula is C21H20N2O5. The molecule has 2 aromatic carbocycles. The Kier molecular flexibility index (Phi) is 4.73. The number of anilines is 1. The standard InChI is InChI=1S/C21H20N2O5/c1-13(24)23-10-4-5-15(23)12-27-21(26)14-8-9-18-16(11-14)20(25)22-17-6-2-3-7-19(17)28-18/h2-3,6-9,11,15H,4-5,10,12H2,1H3,(H,22,25)/t15-/m0/s1. The van der Waals surface area contributed by atoms with Crippen LogP contribution in [0.1, 0.15) is 40.5 Å². The van der Waals surface area contributed by atoms with E-state index in [0.29, 0.717) is 23.7 Å². The van der Waals surface area contributed by atoms with Crippen molar-refractivity contribution >= 4 is 23.5 Å². The monoisotopic (exact) mass is 380 g/mol.